The monoisotopic (exact) mass is 388 g/mol. The van der Waals surface area contributed by atoms with Gasteiger partial charge in [-0.25, -0.2) is 4.39 Å². The van der Waals surface area contributed by atoms with Crippen LogP contribution in [0.15, 0.2) is 60.6 Å². The van der Waals surface area contributed by atoms with Gasteiger partial charge in [0.1, 0.15) is 5.82 Å². The van der Waals surface area contributed by atoms with Crippen molar-refractivity contribution in [3.05, 3.63) is 77.5 Å². The Balaban J connectivity index is 1.81. The van der Waals surface area contributed by atoms with Crippen molar-refractivity contribution in [2.75, 3.05) is 6.26 Å². The Morgan fingerprint density at radius 3 is 2.85 bits per heavy atom. The summed E-state index contributed by atoms with van der Waals surface area (Å²) in [5, 5.41) is 0. The molecule has 0 saturated heterocycles. The Morgan fingerprint density at radius 1 is 1.35 bits per heavy atom. The SMILES string of the molecule is CSC(=S)C1(c2cccnc2)CCCC=C1NOCc1ccc(F)cc1. The predicted octanol–water partition coefficient (Wildman–Crippen LogP) is 4.94. The molecule has 1 N–H and O–H groups in total. The maximum atomic E-state index is 13.0. The maximum absolute atomic E-state index is 13.0. The third kappa shape index (κ3) is 3.98. The molecule has 26 heavy (non-hydrogen) atoms. The zero-order valence-corrected chi connectivity index (χ0v) is 16.2. The van der Waals surface area contributed by atoms with Crippen LogP contribution in [-0.2, 0) is 16.9 Å². The lowest BCUT2D eigenvalue weighted by Gasteiger charge is -2.39. The van der Waals surface area contributed by atoms with Crippen molar-refractivity contribution in [2.45, 2.75) is 31.3 Å². The van der Waals surface area contributed by atoms with E-state index >= 15 is 0 Å². The van der Waals surface area contributed by atoms with Gasteiger partial charge in [-0.1, -0.05) is 36.5 Å². The molecule has 6 heteroatoms. The fourth-order valence-corrected chi connectivity index (χ4v) is 4.26. The summed E-state index contributed by atoms with van der Waals surface area (Å²) in [6.07, 6.45) is 10.8. The zero-order chi connectivity index (χ0) is 18.4. The lowest BCUT2D eigenvalue weighted by atomic mass is 9.73. The van der Waals surface area contributed by atoms with Crippen molar-refractivity contribution in [2.24, 2.45) is 0 Å². The van der Waals surface area contributed by atoms with Gasteiger partial charge in [-0.05, 0) is 54.8 Å². The Morgan fingerprint density at radius 2 is 2.15 bits per heavy atom. The molecule has 0 fully saturated rings. The summed E-state index contributed by atoms with van der Waals surface area (Å²) in [4.78, 5) is 10.0. The van der Waals surface area contributed by atoms with E-state index in [9.17, 15) is 4.39 Å². The second kappa shape index (κ2) is 8.75. The molecule has 136 valence electrons. The highest BCUT2D eigenvalue weighted by Gasteiger charge is 2.42. The van der Waals surface area contributed by atoms with Crippen LogP contribution in [0.3, 0.4) is 0 Å². The van der Waals surface area contributed by atoms with Crippen LogP contribution in [0.5, 0.6) is 0 Å². The molecule has 1 aromatic carbocycles. The molecule has 3 nitrogen and oxygen atoms in total. The summed E-state index contributed by atoms with van der Waals surface area (Å²) in [5.74, 6) is -0.252. The summed E-state index contributed by atoms with van der Waals surface area (Å²) >= 11 is 7.35. The summed E-state index contributed by atoms with van der Waals surface area (Å²) in [5.41, 5.74) is 5.64. The van der Waals surface area contributed by atoms with E-state index in [1.54, 1.807) is 30.1 Å². The zero-order valence-electron chi connectivity index (χ0n) is 14.6. The van der Waals surface area contributed by atoms with Crippen molar-refractivity contribution in [1.82, 2.24) is 10.5 Å². The molecule has 0 radical (unpaired) electrons. The van der Waals surface area contributed by atoms with Crippen LogP contribution in [0, 0.1) is 5.82 Å². The molecule has 1 unspecified atom stereocenters. The lowest BCUT2D eigenvalue weighted by Crippen LogP contribution is -2.42. The highest BCUT2D eigenvalue weighted by molar-refractivity contribution is 8.22. The fraction of sp³-hybridized carbons (Fsp3) is 0.300. The van der Waals surface area contributed by atoms with E-state index in [0.29, 0.717) is 6.61 Å². The van der Waals surface area contributed by atoms with Crippen LogP contribution >= 0.6 is 24.0 Å². The summed E-state index contributed by atoms with van der Waals surface area (Å²) in [6.45, 7) is 0.340. The van der Waals surface area contributed by atoms with Crippen LogP contribution in [-0.4, -0.2) is 15.4 Å². The van der Waals surface area contributed by atoms with Crippen molar-refractivity contribution in [3.8, 4) is 0 Å². The number of thioether (sulfide) groups is 1. The van der Waals surface area contributed by atoms with E-state index in [1.165, 1.54) is 12.1 Å². The Bertz CT molecular complexity index is 780. The third-order valence-corrected chi connectivity index (χ3v) is 6.15. The van der Waals surface area contributed by atoms with Gasteiger partial charge in [0.2, 0.25) is 0 Å². The normalized spacial score (nSPS) is 19.7. The van der Waals surface area contributed by atoms with Crippen molar-refractivity contribution < 1.29 is 9.23 Å². The minimum atomic E-state index is -0.413. The van der Waals surface area contributed by atoms with Crippen LogP contribution < -0.4 is 5.48 Å². The van der Waals surface area contributed by atoms with E-state index in [-0.39, 0.29) is 5.82 Å². The first-order chi connectivity index (χ1) is 12.7. The number of allylic oxidation sites excluding steroid dienone is 2. The van der Waals surface area contributed by atoms with Gasteiger partial charge in [-0.3, -0.25) is 15.3 Å². The molecule has 0 amide bonds. The first-order valence-corrected chi connectivity index (χ1v) is 10.1. The van der Waals surface area contributed by atoms with Gasteiger partial charge in [-0.15, -0.1) is 11.8 Å². The number of aromatic nitrogens is 1. The molecule has 1 heterocycles. The van der Waals surface area contributed by atoms with Crippen LogP contribution in [0.25, 0.3) is 0 Å². The molecule has 1 aromatic heterocycles. The van der Waals surface area contributed by atoms with Crippen molar-refractivity contribution in [1.29, 1.82) is 0 Å². The topological polar surface area (TPSA) is 34.2 Å². The Kier molecular flexibility index (Phi) is 6.40. The Labute approximate surface area is 163 Å². The second-order valence-corrected chi connectivity index (χ2v) is 7.65. The summed E-state index contributed by atoms with van der Waals surface area (Å²) < 4.78 is 13.9. The number of hydrogen-bond acceptors (Lipinski definition) is 5. The number of hydroxylamine groups is 1. The minimum absolute atomic E-state index is 0.252. The summed E-state index contributed by atoms with van der Waals surface area (Å²) in [7, 11) is 0. The molecule has 0 bridgehead atoms. The number of halogens is 1. The molecular formula is C20H21FN2OS2. The number of nitrogens with zero attached hydrogens (tertiary/aromatic N) is 1. The number of rotatable bonds is 6. The third-order valence-electron chi connectivity index (χ3n) is 4.59. The molecule has 3 rings (SSSR count). The maximum Gasteiger partial charge on any atom is 0.123 e. The van der Waals surface area contributed by atoms with Crippen LogP contribution in [0.1, 0.15) is 30.4 Å². The molecule has 0 aliphatic heterocycles. The van der Waals surface area contributed by atoms with Gasteiger partial charge in [0, 0.05) is 12.4 Å². The molecule has 1 aliphatic carbocycles. The molecular weight excluding hydrogens is 367 g/mol. The van der Waals surface area contributed by atoms with E-state index in [4.69, 9.17) is 17.1 Å². The van der Waals surface area contributed by atoms with E-state index in [1.807, 2.05) is 18.5 Å². The lowest BCUT2D eigenvalue weighted by molar-refractivity contribution is 0.0412. The number of thiocarbonyl (C=S) groups is 1. The van der Waals surface area contributed by atoms with Gasteiger partial charge in [0.15, 0.2) is 0 Å². The average molecular weight is 389 g/mol. The first kappa shape index (κ1) is 19.0. The standard InChI is InChI=1S/C20H21FN2OS2/c1-26-19(25)20(16-5-4-12-22-13-16)11-3-2-6-18(20)23-24-14-15-7-9-17(21)10-8-15/h4-10,12-13,23H,2-3,11,14H2,1H3. The Hall–Kier alpha value is -1.76. The predicted molar refractivity (Wildman–Crippen MR) is 108 cm³/mol. The fourth-order valence-electron chi connectivity index (χ4n) is 3.25. The molecule has 0 saturated carbocycles. The second-order valence-electron chi connectivity index (χ2n) is 6.17. The molecule has 2 aromatic rings. The number of nitrogens with one attached hydrogen (secondary N) is 1. The first-order valence-electron chi connectivity index (χ1n) is 8.48. The number of hydrogen-bond donors (Lipinski definition) is 1. The van der Waals surface area contributed by atoms with E-state index in [2.05, 4.69) is 22.6 Å². The van der Waals surface area contributed by atoms with Gasteiger partial charge >= 0.3 is 0 Å². The van der Waals surface area contributed by atoms with Gasteiger partial charge in [0.05, 0.1) is 21.9 Å². The molecule has 1 atom stereocenters. The highest BCUT2D eigenvalue weighted by atomic mass is 32.2. The van der Waals surface area contributed by atoms with E-state index < -0.39 is 5.41 Å². The summed E-state index contributed by atoms with van der Waals surface area (Å²) in [6, 6.07) is 10.3. The van der Waals surface area contributed by atoms with E-state index in [0.717, 1.165) is 40.3 Å². The average Bonchev–Trinajstić information content (AvgIpc) is 2.70. The van der Waals surface area contributed by atoms with Gasteiger partial charge in [0.25, 0.3) is 0 Å². The minimum Gasteiger partial charge on any atom is -0.272 e. The van der Waals surface area contributed by atoms with Gasteiger partial charge in [-0.2, -0.15) is 0 Å². The number of pyridine rings is 1. The highest BCUT2D eigenvalue weighted by Crippen LogP contribution is 2.43. The quantitative estimate of drug-likeness (QED) is 0.560. The van der Waals surface area contributed by atoms with Crippen molar-refractivity contribution >= 4 is 28.2 Å². The largest absolute Gasteiger partial charge is 0.272 e. The van der Waals surface area contributed by atoms with Crippen molar-refractivity contribution in [3.63, 3.8) is 0 Å². The smallest absolute Gasteiger partial charge is 0.123 e. The molecule has 0 spiro atoms. The number of benzene rings is 1. The van der Waals surface area contributed by atoms with Crippen LogP contribution in [0.4, 0.5) is 4.39 Å². The van der Waals surface area contributed by atoms with Gasteiger partial charge < -0.3 is 0 Å². The van der Waals surface area contributed by atoms with Crippen LogP contribution in [0.2, 0.25) is 0 Å². The molecule has 1 aliphatic rings.